The number of aryl methyl sites for hydroxylation is 2. The van der Waals surface area contributed by atoms with E-state index in [-0.39, 0.29) is 5.91 Å². The minimum Gasteiger partial charge on any atom is -0.355 e. The number of benzene rings is 2. The van der Waals surface area contributed by atoms with Gasteiger partial charge in [-0.3, -0.25) is 9.78 Å². The third kappa shape index (κ3) is 3.31. The Bertz CT molecular complexity index is 951. The number of aromatic nitrogens is 1. The molecule has 0 aliphatic carbocycles. The standard InChI is InChI=1S/C22H21N3O/c1-16-6-4-9-18(14-16)24-19-11-12-23-20(15-19)22(26)25-13-5-8-17-7-2-3-10-21(17)25/h2-4,6-7,9-12,14-15H,5,8,13H2,1H3,(H,23,24). The van der Waals surface area contributed by atoms with E-state index < -0.39 is 0 Å². The van der Waals surface area contributed by atoms with E-state index >= 15 is 0 Å². The summed E-state index contributed by atoms with van der Waals surface area (Å²) in [6.07, 6.45) is 3.67. The summed E-state index contributed by atoms with van der Waals surface area (Å²) < 4.78 is 0. The van der Waals surface area contributed by atoms with E-state index in [4.69, 9.17) is 0 Å². The van der Waals surface area contributed by atoms with Crippen LogP contribution < -0.4 is 10.2 Å². The predicted octanol–water partition coefficient (Wildman–Crippen LogP) is 4.73. The van der Waals surface area contributed by atoms with Crippen LogP contribution in [0.1, 0.15) is 28.0 Å². The van der Waals surface area contributed by atoms with Crippen LogP contribution in [0.2, 0.25) is 0 Å². The molecular formula is C22H21N3O. The van der Waals surface area contributed by atoms with Crippen LogP contribution in [0.15, 0.2) is 66.9 Å². The third-order valence-electron chi connectivity index (χ3n) is 4.64. The van der Waals surface area contributed by atoms with Gasteiger partial charge in [0.25, 0.3) is 5.91 Å². The van der Waals surface area contributed by atoms with Crippen molar-refractivity contribution >= 4 is 23.0 Å². The molecule has 26 heavy (non-hydrogen) atoms. The van der Waals surface area contributed by atoms with Crippen LogP contribution in [0, 0.1) is 6.92 Å². The quantitative estimate of drug-likeness (QED) is 0.748. The maximum Gasteiger partial charge on any atom is 0.276 e. The van der Waals surface area contributed by atoms with Gasteiger partial charge >= 0.3 is 0 Å². The number of carbonyl (C=O) groups excluding carboxylic acids is 1. The van der Waals surface area contributed by atoms with E-state index in [1.807, 2.05) is 47.4 Å². The number of fused-ring (bicyclic) bond motifs is 1. The van der Waals surface area contributed by atoms with Crippen molar-refractivity contribution in [2.75, 3.05) is 16.8 Å². The van der Waals surface area contributed by atoms with Gasteiger partial charge < -0.3 is 10.2 Å². The molecule has 1 N–H and O–H groups in total. The molecule has 2 aromatic carbocycles. The van der Waals surface area contributed by atoms with Crippen LogP contribution in [0.3, 0.4) is 0 Å². The summed E-state index contributed by atoms with van der Waals surface area (Å²) in [7, 11) is 0. The minimum atomic E-state index is -0.0509. The normalized spacial score (nSPS) is 13.2. The largest absolute Gasteiger partial charge is 0.355 e. The fourth-order valence-corrected chi connectivity index (χ4v) is 3.40. The molecule has 2 heterocycles. The smallest absolute Gasteiger partial charge is 0.276 e. The van der Waals surface area contributed by atoms with Crippen LogP contribution in [-0.4, -0.2) is 17.4 Å². The number of pyridine rings is 1. The van der Waals surface area contributed by atoms with Gasteiger partial charge in [0.15, 0.2) is 0 Å². The molecule has 0 spiro atoms. The Balaban J connectivity index is 1.60. The van der Waals surface area contributed by atoms with Gasteiger partial charge in [0.2, 0.25) is 0 Å². The van der Waals surface area contributed by atoms with Crippen LogP contribution in [0.25, 0.3) is 0 Å². The number of rotatable bonds is 3. The van der Waals surface area contributed by atoms with Crippen LogP contribution in [0.4, 0.5) is 17.1 Å². The van der Waals surface area contributed by atoms with Crippen LogP contribution >= 0.6 is 0 Å². The summed E-state index contributed by atoms with van der Waals surface area (Å²) in [6.45, 7) is 2.79. The summed E-state index contributed by atoms with van der Waals surface area (Å²) in [5, 5.41) is 3.35. The average Bonchev–Trinajstić information content (AvgIpc) is 2.67. The Morgan fingerprint density at radius 3 is 2.77 bits per heavy atom. The Kier molecular flexibility index (Phi) is 4.40. The molecule has 1 amide bonds. The zero-order chi connectivity index (χ0) is 17.9. The maximum atomic E-state index is 13.1. The topological polar surface area (TPSA) is 45.2 Å². The van der Waals surface area contributed by atoms with Gasteiger partial charge in [0.05, 0.1) is 0 Å². The Morgan fingerprint density at radius 1 is 1.04 bits per heavy atom. The molecule has 0 saturated heterocycles. The number of amides is 1. The highest BCUT2D eigenvalue weighted by Gasteiger charge is 2.24. The highest BCUT2D eigenvalue weighted by Crippen LogP contribution is 2.28. The van der Waals surface area contributed by atoms with Crippen molar-refractivity contribution < 1.29 is 4.79 Å². The van der Waals surface area contributed by atoms with Gasteiger partial charge in [-0.05, 0) is 61.2 Å². The minimum absolute atomic E-state index is 0.0509. The molecule has 0 atom stereocenters. The number of para-hydroxylation sites is 1. The van der Waals surface area contributed by atoms with Crippen LogP contribution in [0.5, 0.6) is 0 Å². The lowest BCUT2D eigenvalue weighted by Crippen LogP contribution is -2.35. The Hall–Kier alpha value is -3.14. The molecule has 3 aromatic rings. The molecule has 0 fully saturated rings. The van der Waals surface area contributed by atoms with Gasteiger partial charge in [-0.1, -0.05) is 30.3 Å². The molecule has 4 rings (SSSR count). The van der Waals surface area contributed by atoms with E-state index in [2.05, 4.69) is 35.4 Å². The molecule has 0 saturated carbocycles. The first-order valence-corrected chi connectivity index (χ1v) is 8.90. The SMILES string of the molecule is Cc1cccc(Nc2ccnc(C(=O)N3CCCc4ccccc43)c2)c1. The monoisotopic (exact) mass is 343 g/mol. The Labute approximate surface area is 153 Å². The summed E-state index contributed by atoms with van der Waals surface area (Å²) >= 11 is 0. The number of hydrogen-bond acceptors (Lipinski definition) is 3. The van der Waals surface area contributed by atoms with Crippen molar-refractivity contribution in [3.8, 4) is 0 Å². The fourth-order valence-electron chi connectivity index (χ4n) is 3.40. The first kappa shape index (κ1) is 16.3. The van der Waals surface area contributed by atoms with E-state index in [9.17, 15) is 4.79 Å². The van der Waals surface area contributed by atoms with E-state index in [0.29, 0.717) is 5.69 Å². The molecule has 1 aliphatic rings. The van der Waals surface area contributed by atoms with Gasteiger partial charge in [-0.15, -0.1) is 0 Å². The zero-order valence-electron chi connectivity index (χ0n) is 14.8. The lowest BCUT2D eigenvalue weighted by molar-refractivity contribution is 0.0980. The first-order valence-electron chi connectivity index (χ1n) is 8.90. The highest BCUT2D eigenvalue weighted by atomic mass is 16.2. The Morgan fingerprint density at radius 2 is 1.88 bits per heavy atom. The zero-order valence-corrected chi connectivity index (χ0v) is 14.8. The molecule has 0 radical (unpaired) electrons. The van der Waals surface area contributed by atoms with Crippen molar-refractivity contribution in [2.45, 2.75) is 19.8 Å². The fraction of sp³-hybridized carbons (Fsp3) is 0.182. The molecule has 1 aliphatic heterocycles. The number of nitrogens with zero attached hydrogens (tertiary/aromatic N) is 2. The highest BCUT2D eigenvalue weighted by molar-refractivity contribution is 6.06. The summed E-state index contributed by atoms with van der Waals surface area (Å²) in [5.41, 5.74) is 5.73. The summed E-state index contributed by atoms with van der Waals surface area (Å²) in [5.74, 6) is -0.0509. The van der Waals surface area contributed by atoms with Gasteiger partial charge in [0, 0.05) is 29.8 Å². The van der Waals surface area contributed by atoms with Crippen molar-refractivity contribution in [1.29, 1.82) is 0 Å². The molecule has 130 valence electrons. The number of anilines is 3. The number of nitrogens with one attached hydrogen (secondary N) is 1. The molecule has 4 heteroatoms. The maximum absolute atomic E-state index is 13.1. The molecule has 1 aromatic heterocycles. The molecule has 0 unspecified atom stereocenters. The van der Waals surface area contributed by atoms with E-state index in [1.165, 1.54) is 11.1 Å². The van der Waals surface area contributed by atoms with E-state index in [0.717, 1.165) is 36.4 Å². The van der Waals surface area contributed by atoms with Crippen molar-refractivity contribution in [1.82, 2.24) is 4.98 Å². The number of hydrogen-bond donors (Lipinski definition) is 1. The molecule has 4 nitrogen and oxygen atoms in total. The molecule has 0 bridgehead atoms. The lowest BCUT2D eigenvalue weighted by atomic mass is 10.0. The van der Waals surface area contributed by atoms with E-state index in [1.54, 1.807) is 6.20 Å². The summed E-state index contributed by atoms with van der Waals surface area (Å²) in [6, 6.07) is 20.0. The van der Waals surface area contributed by atoms with Crippen LogP contribution in [-0.2, 0) is 6.42 Å². The van der Waals surface area contributed by atoms with Crippen molar-refractivity contribution in [3.63, 3.8) is 0 Å². The second kappa shape index (κ2) is 7.00. The van der Waals surface area contributed by atoms with Crippen molar-refractivity contribution in [2.24, 2.45) is 0 Å². The average molecular weight is 343 g/mol. The van der Waals surface area contributed by atoms with Gasteiger partial charge in [0.1, 0.15) is 5.69 Å². The second-order valence-electron chi connectivity index (χ2n) is 6.61. The summed E-state index contributed by atoms with van der Waals surface area (Å²) in [4.78, 5) is 19.2. The predicted molar refractivity (Wildman–Crippen MR) is 105 cm³/mol. The number of carbonyl (C=O) groups is 1. The first-order chi connectivity index (χ1) is 12.7. The second-order valence-corrected chi connectivity index (χ2v) is 6.61. The van der Waals surface area contributed by atoms with Gasteiger partial charge in [-0.25, -0.2) is 0 Å². The lowest BCUT2D eigenvalue weighted by Gasteiger charge is -2.29. The molecular weight excluding hydrogens is 322 g/mol. The third-order valence-corrected chi connectivity index (χ3v) is 4.64. The van der Waals surface area contributed by atoms with Gasteiger partial charge in [-0.2, -0.15) is 0 Å². The van der Waals surface area contributed by atoms with Crippen molar-refractivity contribution in [3.05, 3.63) is 83.7 Å².